The summed E-state index contributed by atoms with van der Waals surface area (Å²) in [6, 6.07) is 13.8. The number of hydrogen-bond donors (Lipinski definition) is 0. The monoisotopic (exact) mass is 245 g/mol. The molecule has 0 atom stereocenters. The van der Waals surface area contributed by atoms with Crippen molar-refractivity contribution in [1.29, 1.82) is 5.26 Å². The van der Waals surface area contributed by atoms with Crippen LogP contribution in [0.4, 0.5) is 0 Å². The van der Waals surface area contributed by atoms with Gasteiger partial charge in [-0.05, 0) is 42.3 Å². The van der Waals surface area contributed by atoms with Crippen molar-refractivity contribution in [3.05, 3.63) is 59.9 Å². The Hall–Kier alpha value is -2.73. The molecule has 19 heavy (non-hydrogen) atoms. The molecule has 0 bridgehead atoms. The van der Waals surface area contributed by atoms with Crippen LogP contribution in [0.25, 0.3) is 22.2 Å². The third-order valence-electron chi connectivity index (χ3n) is 3.17. The Labute approximate surface area is 111 Å². The zero-order valence-corrected chi connectivity index (χ0v) is 10.5. The molecule has 2 aromatic heterocycles. The Morgan fingerprint density at radius 3 is 2.79 bits per heavy atom. The molecule has 3 rings (SSSR count). The van der Waals surface area contributed by atoms with Crippen LogP contribution in [0.3, 0.4) is 0 Å². The summed E-state index contributed by atoms with van der Waals surface area (Å²) in [5, 5.41) is 9.13. The van der Waals surface area contributed by atoms with Crippen LogP contribution >= 0.6 is 0 Å². The summed E-state index contributed by atoms with van der Waals surface area (Å²) >= 11 is 0. The quantitative estimate of drug-likeness (QED) is 0.659. The molecule has 3 heteroatoms. The van der Waals surface area contributed by atoms with E-state index in [1.807, 2.05) is 43.3 Å². The molecular weight excluding hydrogens is 234 g/mol. The molecule has 0 unspecified atom stereocenters. The van der Waals surface area contributed by atoms with Crippen LogP contribution in [0.2, 0.25) is 0 Å². The molecule has 0 saturated carbocycles. The minimum absolute atomic E-state index is 0.693. The van der Waals surface area contributed by atoms with Crippen LogP contribution in [0.1, 0.15) is 11.1 Å². The minimum atomic E-state index is 0.693. The van der Waals surface area contributed by atoms with Gasteiger partial charge in [-0.15, -0.1) is 0 Å². The standard InChI is InChI=1S/C16H11N3/c1-11-4-5-12(9-13(11)10-17)14-6-8-18-15-3-2-7-19-16(14)15/h2-9H,1H3. The second-order valence-electron chi connectivity index (χ2n) is 4.37. The van der Waals surface area contributed by atoms with Gasteiger partial charge in [-0.2, -0.15) is 5.26 Å². The average Bonchev–Trinajstić information content (AvgIpc) is 2.47. The van der Waals surface area contributed by atoms with Crippen LogP contribution in [-0.2, 0) is 0 Å². The van der Waals surface area contributed by atoms with Crippen LogP contribution in [-0.4, -0.2) is 9.97 Å². The van der Waals surface area contributed by atoms with Crippen LogP contribution in [0.15, 0.2) is 48.8 Å². The molecule has 0 amide bonds. The second kappa shape index (κ2) is 4.51. The molecule has 90 valence electrons. The molecule has 0 N–H and O–H groups in total. The number of nitriles is 1. The van der Waals surface area contributed by atoms with Gasteiger partial charge in [-0.25, -0.2) is 0 Å². The van der Waals surface area contributed by atoms with Gasteiger partial charge in [0.05, 0.1) is 22.7 Å². The molecule has 3 nitrogen and oxygen atoms in total. The summed E-state index contributed by atoms with van der Waals surface area (Å²) in [6.07, 6.45) is 3.53. The van der Waals surface area contributed by atoms with E-state index >= 15 is 0 Å². The smallest absolute Gasteiger partial charge is 0.0994 e. The van der Waals surface area contributed by atoms with E-state index in [0.29, 0.717) is 5.56 Å². The Morgan fingerprint density at radius 2 is 1.95 bits per heavy atom. The Bertz CT molecular complexity index is 795. The van der Waals surface area contributed by atoms with Crippen molar-refractivity contribution in [2.24, 2.45) is 0 Å². The average molecular weight is 245 g/mol. The zero-order chi connectivity index (χ0) is 13.2. The number of benzene rings is 1. The van der Waals surface area contributed by atoms with Gasteiger partial charge >= 0.3 is 0 Å². The van der Waals surface area contributed by atoms with Gasteiger partial charge in [0, 0.05) is 18.0 Å². The van der Waals surface area contributed by atoms with Crippen LogP contribution in [0, 0.1) is 18.3 Å². The lowest BCUT2D eigenvalue weighted by molar-refractivity contribution is 1.33. The first-order chi connectivity index (χ1) is 9.29. The predicted octanol–water partition coefficient (Wildman–Crippen LogP) is 3.48. The maximum absolute atomic E-state index is 9.13. The van der Waals surface area contributed by atoms with E-state index in [-0.39, 0.29) is 0 Å². The van der Waals surface area contributed by atoms with Crippen molar-refractivity contribution in [3.8, 4) is 17.2 Å². The first-order valence-electron chi connectivity index (χ1n) is 6.00. The van der Waals surface area contributed by atoms with Gasteiger partial charge in [0.2, 0.25) is 0 Å². The van der Waals surface area contributed by atoms with Gasteiger partial charge in [-0.1, -0.05) is 12.1 Å². The highest BCUT2D eigenvalue weighted by atomic mass is 14.7. The molecule has 1 aromatic carbocycles. The number of pyridine rings is 2. The fourth-order valence-electron chi connectivity index (χ4n) is 2.12. The molecule has 0 aliphatic heterocycles. The van der Waals surface area contributed by atoms with Crippen LogP contribution < -0.4 is 0 Å². The molecule has 0 radical (unpaired) electrons. The fourth-order valence-corrected chi connectivity index (χ4v) is 2.12. The normalized spacial score (nSPS) is 10.3. The third-order valence-corrected chi connectivity index (χ3v) is 3.17. The maximum Gasteiger partial charge on any atom is 0.0994 e. The van der Waals surface area contributed by atoms with Crippen LogP contribution in [0.5, 0.6) is 0 Å². The minimum Gasteiger partial charge on any atom is -0.255 e. The molecule has 0 aliphatic carbocycles. The summed E-state index contributed by atoms with van der Waals surface area (Å²) in [6.45, 7) is 1.94. The number of aromatic nitrogens is 2. The van der Waals surface area contributed by atoms with Crippen molar-refractivity contribution in [2.45, 2.75) is 6.92 Å². The molecule has 2 heterocycles. The Kier molecular flexibility index (Phi) is 2.70. The zero-order valence-electron chi connectivity index (χ0n) is 10.5. The SMILES string of the molecule is Cc1ccc(-c2ccnc3cccnc23)cc1C#N. The lowest BCUT2D eigenvalue weighted by atomic mass is 10.00. The topological polar surface area (TPSA) is 49.6 Å². The number of aryl methyl sites for hydroxylation is 1. The van der Waals surface area contributed by atoms with E-state index in [0.717, 1.165) is 27.7 Å². The third kappa shape index (κ3) is 1.94. The van der Waals surface area contributed by atoms with Gasteiger partial charge in [0.15, 0.2) is 0 Å². The van der Waals surface area contributed by atoms with E-state index in [1.165, 1.54) is 0 Å². The molecule has 0 spiro atoms. The van der Waals surface area contributed by atoms with E-state index < -0.39 is 0 Å². The van der Waals surface area contributed by atoms with Gasteiger partial charge in [-0.3, -0.25) is 9.97 Å². The number of nitrogens with zero attached hydrogens (tertiary/aromatic N) is 3. The summed E-state index contributed by atoms with van der Waals surface area (Å²) in [5.74, 6) is 0. The first-order valence-corrected chi connectivity index (χ1v) is 6.00. The fraction of sp³-hybridized carbons (Fsp3) is 0.0625. The lowest BCUT2D eigenvalue weighted by Gasteiger charge is -2.06. The predicted molar refractivity (Wildman–Crippen MR) is 74.4 cm³/mol. The van der Waals surface area contributed by atoms with Gasteiger partial charge < -0.3 is 0 Å². The van der Waals surface area contributed by atoms with Gasteiger partial charge in [0.25, 0.3) is 0 Å². The molecule has 0 aliphatic rings. The Balaban J connectivity index is 2.28. The molecule has 0 saturated heterocycles. The molecular formula is C16H11N3. The number of hydrogen-bond acceptors (Lipinski definition) is 3. The maximum atomic E-state index is 9.13. The van der Waals surface area contributed by atoms with E-state index in [4.69, 9.17) is 5.26 Å². The largest absolute Gasteiger partial charge is 0.255 e. The van der Waals surface area contributed by atoms with E-state index in [9.17, 15) is 0 Å². The molecule has 0 fully saturated rings. The summed E-state index contributed by atoms with van der Waals surface area (Å²) in [7, 11) is 0. The van der Waals surface area contributed by atoms with Gasteiger partial charge in [0.1, 0.15) is 0 Å². The lowest BCUT2D eigenvalue weighted by Crippen LogP contribution is -1.89. The van der Waals surface area contributed by atoms with Crippen molar-refractivity contribution < 1.29 is 0 Å². The van der Waals surface area contributed by atoms with E-state index in [2.05, 4.69) is 16.0 Å². The molecule has 3 aromatic rings. The number of fused-ring (bicyclic) bond motifs is 1. The first kappa shape index (κ1) is 11.4. The highest BCUT2D eigenvalue weighted by Crippen LogP contribution is 2.27. The Morgan fingerprint density at radius 1 is 1.05 bits per heavy atom. The highest BCUT2D eigenvalue weighted by Gasteiger charge is 2.07. The summed E-state index contributed by atoms with van der Waals surface area (Å²) < 4.78 is 0. The van der Waals surface area contributed by atoms with E-state index in [1.54, 1.807) is 12.4 Å². The summed E-state index contributed by atoms with van der Waals surface area (Å²) in [5.41, 5.74) is 5.39. The van der Waals surface area contributed by atoms with Crippen molar-refractivity contribution >= 4 is 11.0 Å². The summed E-state index contributed by atoms with van der Waals surface area (Å²) in [4.78, 5) is 8.69. The van der Waals surface area contributed by atoms with Crippen molar-refractivity contribution in [3.63, 3.8) is 0 Å². The highest BCUT2D eigenvalue weighted by molar-refractivity contribution is 5.91. The van der Waals surface area contributed by atoms with Crippen molar-refractivity contribution in [2.75, 3.05) is 0 Å². The van der Waals surface area contributed by atoms with Crippen molar-refractivity contribution in [1.82, 2.24) is 9.97 Å². The second-order valence-corrected chi connectivity index (χ2v) is 4.37. The number of rotatable bonds is 1.